The largest absolute Gasteiger partial charge is 0.496 e. The van der Waals surface area contributed by atoms with E-state index >= 15 is 0 Å². The molecule has 1 saturated heterocycles. The molecule has 1 aromatic carbocycles. The molecular formula is C17H26N2O2. The minimum absolute atomic E-state index is 0.0566. The number of carbonyl (C=O) groups excluding carboxylic acids is 1. The Morgan fingerprint density at radius 3 is 2.95 bits per heavy atom. The minimum Gasteiger partial charge on any atom is -0.496 e. The topological polar surface area (TPSA) is 50.4 Å². The lowest BCUT2D eigenvalue weighted by atomic mass is 9.92. The number of amides is 1. The fraction of sp³-hybridized carbons (Fsp3) is 0.588. The molecule has 0 bridgehead atoms. The molecular weight excluding hydrogens is 264 g/mol. The van der Waals surface area contributed by atoms with Crippen LogP contribution in [0.3, 0.4) is 0 Å². The number of methoxy groups -OCH3 is 1. The lowest BCUT2D eigenvalue weighted by molar-refractivity contribution is -0.125. The van der Waals surface area contributed by atoms with E-state index in [1.165, 1.54) is 0 Å². The van der Waals surface area contributed by atoms with Gasteiger partial charge in [-0.15, -0.1) is 0 Å². The van der Waals surface area contributed by atoms with Crippen molar-refractivity contribution in [2.24, 2.45) is 5.92 Å². The van der Waals surface area contributed by atoms with Crippen molar-refractivity contribution < 1.29 is 9.53 Å². The molecule has 4 heteroatoms. The van der Waals surface area contributed by atoms with Crippen molar-refractivity contribution in [3.05, 3.63) is 29.8 Å². The average molecular weight is 290 g/mol. The Bertz CT molecular complexity index is 476. The smallest absolute Gasteiger partial charge is 0.237 e. The number of nitrogens with one attached hydrogen (secondary N) is 2. The van der Waals surface area contributed by atoms with Gasteiger partial charge in [-0.1, -0.05) is 25.1 Å². The van der Waals surface area contributed by atoms with Crippen LogP contribution in [-0.4, -0.2) is 31.6 Å². The third kappa shape index (κ3) is 4.21. The Morgan fingerprint density at radius 2 is 2.24 bits per heavy atom. The number of rotatable bonds is 5. The highest BCUT2D eigenvalue weighted by Crippen LogP contribution is 2.19. The van der Waals surface area contributed by atoms with Crippen molar-refractivity contribution in [3.63, 3.8) is 0 Å². The number of piperidine rings is 1. The summed E-state index contributed by atoms with van der Waals surface area (Å²) in [4.78, 5) is 12.4. The Balaban J connectivity index is 1.91. The van der Waals surface area contributed by atoms with Crippen LogP contribution in [0.25, 0.3) is 0 Å². The molecule has 0 saturated carbocycles. The number of carbonyl (C=O) groups is 1. The van der Waals surface area contributed by atoms with Crippen molar-refractivity contribution in [3.8, 4) is 5.75 Å². The summed E-state index contributed by atoms with van der Waals surface area (Å²) < 4.78 is 5.36. The van der Waals surface area contributed by atoms with Crippen LogP contribution in [-0.2, 0) is 11.2 Å². The molecule has 0 aromatic heterocycles. The van der Waals surface area contributed by atoms with Crippen molar-refractivity contribution in [1.82, 2.24) is 10.6 Å². The highest BCUT2D eigenvalue weighted by atomic mass is 16.5. The summed E-state index contributed by atoms with van der Waals surface area (Å²) in [5.41, 5.74) is 1.12. The van der Waals surface area contributed by atoms with Gasteiger partial charge >= 0.3 is 0 Å². The molecule has 3 unspecified atom stereocenters. The van der Waals surface area contributed by atoms with E-state index in [-0.39, 0.29) is 18.0 Å². The SMILES string of the molecule is COc1ccccc1CC(C)NC(=O)C1NCCCC1C. The maximum absolute atomic E-state index is 12.4. The fourth-order valence-corrected chi connectivity index (χ4v) is 2.99. The highest BCUT2D eigenvalue weighted by molar-refractivity contribution is 5.82. The van der Waals surface area contributed by atoms with Gasteiger partial charge in [-0.2, -0.15) is 0 Å². The maximum Gasteiger partial charge on any atom is 0.237 e. The standard InChI is InChI=1S/C17H26N2O2/c1-12-7-6-10-18-16(12)17(20)19-13(2)11-14-8-4-5-9-15(14)21-3/h4-5,8-9,12-13,16,18H,6-7,10-11H2,1-3H3,(H,19,20). The molecule has 0 radical (unpaired) electrons. The molecule has 0 aliphatic carbocycles. The molecule has 1 heterocycles. The molecule has 3 atom stereocenters. The Hall–Kier alpha value is -1.55. The average Bonchev–Trinajstić information content (AvgIpc) is 2.48. The second-order valence-corrected chi connectivity index (χ2v) is 5.98. The van der Waals surface area contributed by atoms with E-state index < -0.39 is 0 Å². The Morgan fingerprint density at radius 1 is 1.48 bits per heavy atom. The van der Waals surface area contributed by atoms with E-state index in [1.807, 2.05) is 31.2 Å². The summed E-state index contributed by atoms with van der Waals surface area (Å²) in [6, 6.07) is 7.98. The normalized spacial score (nSPS) is 23.4. The first kappa shape index (κ1) is 15.8. The quantitative estimate of drug-likeness (QED) is 0.873. The van der Waals surface area contributed by atoms with Gasteiger partial charge in [0.05, 0.1) is 13.2 Å². The van der Waals surface area contributed by atoms with Crippen molar-refractivity contribution in [2.75, 3.05) is 13.7 Å². The molecule has 4 nitrogen and oxygen atoms in total. The first-order chi connectivity index (χ1) is 10.1. The molecule has 1 fully saturated rings. The summed E-state index contributed by atoms with van der Waals surface area (Å²) in [6.45, 7) is 5.11. The van der Waals surface area contributed by atoms with Gasteiger partial charge in [-0.3, -0.25) is 4.79 Å². The predicted molar refractivity (Wildman–Crippen MR) is 84.5 cm³/mol. The van der Waals surface area contributed by atoms with E-state index in [2.05, 4.69) is 17.6 Å². The van der Waals surface area contributed by atoms with Crippen molar-refractivity contribution >= 4 is 5.91 Å². The predicted octanol–water partition coefficient (Wildman–Crippen LogP) is 2.13. The Labute approximate surface area is 127 Å². The van der Waals surface area contributed by atoms with Gasteiger partial charge in [-0.05, 0) is 50.3 Å². The fourth-order valence-electron chi connectivity index (χ4n) is 2.99. The number of ether oxygens (including phenoxy) is 1. The van der Waals surface area contributed by atoms with Gasteiger partial charge in [0.2, 0.25) is 5.91 Å². The first-order valence-electron chi connectivity index (χ1n) is 7.77. The summed E-state index contributed by atoms with van der Waals surface area (Å²) in [6.07, 6.45) is 3.05. The molecule has 1 aliphatic heterocycles. The first-order valence-corrected chi connectivity index (χ1v) is 7.77. The van der Waals surface area contributed by atoms with Crippen LogP contribution in [0.1, 0.15) is 32.3 Å². The molecule has 1 aliphatic rings. The summed E-state index contributed by atoms with van der Waals surface area (Å²) in [5, 5.41) is 6.45. The summed E-state index contributed by atoms with van der Waals surface area (Å²) in [5.74, 6) is 1.39. The summed E-state index contributed by atoms with van der Waals surface area (Å²) in [7, 11) is 1.68. The van der Waals surface area contributed by atoms with Crippen LogP contribution in [0.4, 0.5) is 0 Å². The molecule has 1 amide bonds. The van der Waals surface area contributed by atoms with Gasteiger partial charge in [-0.25, -0.2) is 0 Å². The van der Waals surface area contributed by atoms with Crippen LogP contribution in [0.5, 0.6) is 5.75 Å². The second-order valence-electron chi connectivity index (χ2n) is 5.98. The monoisotopic (exact) mass is 290 g/mol. The molecule has 21 heavy (non-hydrogen) atoms. The number of hydrogen-bond acceptors (Lipinski definition) is 3. The van der Waals surface area contributed by atoms with Crippen LogP contribution in [0.15, 0.2) is 24.3 Å². The summed E-state index contributed by atoms with van der Waals surface area (Å²) >= 11 is 0. The van der Waals surface area contributed by atoms with Gasteiger partial charge < -0.3 is 15.4 Å². The molecule has 0 spiro atoms. The van der Waals surface area contributed by atoms with Crippen LogP contribution in [0.2, 0.25) is 0 Å². The molecule has 2 N–H and O–H groups in total. The van der Waals surface area contributed by atoms with Gasteiger partial charge in [0.25, 0.3) is 0 Å². The van der Waals surface area contributed by atoms with E-state index in [4.69, 9.17) is 4.74 Å². The van der Waals surface area contributed by atoms with Gasteiger partial charge in [0.1, 0.15) is 5.75 Å². The van der Waals surface area contributed by atoms with E-state index in [1.54, 1.807) is 7.11 Å². The number of hydrogen-bond donors (Lipinski definition) is 2. The van der Waals surface area contributed by atoms with Crippen LogP contribution < -0.4 is 15.4 Å². The van der Waals surface area contributed by atoms with Crippen LogP contribution in [0, 0.1) is 5.92 Å². The van der Waals surface area contributed by atoms with E-state index in [9.17, 15) is 4.79 Å². The highest BCUT2D eigenvalue weighted by Gasteiger charge is 2.28. The molecule has 2 rings (SSSR count). The van der Waals surface area contributed by atoms with Gasteiger partial charge in [0, 0.05) is 6.04 Å². The third-order valence-corrected chi connectivity index (χ3v) is 4.16. The zero-order chi connectivity index (χ0) is 15.2. The Kier molecular flexibility index (Phi) is 5.62. The van der Waals surface area contributed by atoms with E-state index in [0.29, 0.717) is 5.92 Å². The van der Waals surface area contributed by atoms with Crippen LogP contribution >= 0.6 is 0 Å². The van der Waals surface area contributed by atoms with Crippen molar-refractivity contribution in [2.45, 2.75) is 45.2 Å². The van der Waals surface area contributed by atoms with E-state index in [0.717, 1.165) is 37.1 Å². The second kappa shape index (κ2) is 7.46. The van der Waals surface area contributed by atoms with Gasteiger partial charge in [0.15, 0.2) is 0 Å². The lowest BCUT2D eigenvalue weighted by Crippen LogP contribution is -2.52. The zero-order valence-corrected chi connectivity index (χ0v) is 13.2. The molecule has 116 valence electrons. The number of benzene rings is 1. The number of para-hydroxylation sites is 1. The minimum atomic E-state index is -0.0566. The third-order valence-electron chi connectivity index (χ3n) is 4.16. The maximum atomic E-state index is 12.4. The zero-order valence-electron chi connectivity index (χ0n) is 13.2. The molecule has 1 aromatic rings. The van der Waals surface area contributed by atoms with Crippen molar-refractivity contribution in [1.29, 1.82) is 0 Å². The lowest BCUT2D eigenvalue weighted by Gasteiger charge is -2.30.